The van der Waals surface area contributed by atoms with Crippen LogP contribution in [0.4, 0.5) is 10.1 Å². The molecule has 2 heterocycles. The van der Waals surface area contributed by atoms with Gasteiger partial charge >= 0.3 is 0 Å². The number of hydrogen-bond acceptors (Lipinski definition) is 6. The van der Waals surface area contributed by atoms with E-state index < -0.39 is 0 Å². The molecule has 1 amide bonds. The summed E-state index contributed by atoms with van der Waals surface area (Å²) >= 11 is 1.44. The number of benzene rings is 2. The molecule has 0 saturated heterocycles. The van der Waals surface area contributed by atoms with Crippen molar-refractivity contribution < 1.29 is 13.9 Å². The van der Waals surface area contributed by atoms with Crippen molar-refractivity contribution in [2.24, 2.45) is 0 Å². The summed E-state index contributed by atoms with van der Waals surface area (Å²) in [5.74, 6) is 0.938. The van der Waals surface area contributed by atoms with Gasteiger partial charge in [-0.3, -0.25) is 4.79 Å². The zero-order valence-electron chi connectivity index (χ0n) is 17.2. The summed E-state index contributed by atoms with van der Waals surface area (Å²) in [5.41, 5.74) is 3.03. The first-order valence-electron chi connectivity index (χ1n) is 9.53. The van der Waals surface area contributed by atoms with Crippen LogP contribution in [0.2, 0.25) is 0 Å². The van der Waals surface area contributed by atoms with Crippen LogP contribution in [-0.4, -0.2) is 31.7 Å². The molecule has 4 aromatic rings. The zero-order valence-corrected chi connectivity index (χ0v) is 18.0. The van der Waals surface area contributed by atoms with Gasteiger partial charge in [-0.2, -0.15) is 4.98 Å². The number of nitrogens with zero attached hydrogens (tertiary/aromatic N) is 4. The van der Waals surface area contributed by atoms with Crippen LogP contribution in [0.5, 0.6) is 11.5 Å². The van der Waals surface area contributed by atoms with Crippen molar-refractivity contribution in [1.82, 2.24) is 19.6 Å². The average Bonchev–Trinajstić information content (AvgIpc) is 3.16. The van der Waals surface area contributed by atoms with Crippen LogP contribution in [0.1, 0.15) is 17.0 Å². The van der Waals surface area contributed by atoms with Crippen LogP contribution < -0.4 is 10.1 Å². The van der Waals surface area contributed by atoms with Gasteiger partial charge in [-0.05, 0) is 56.5 Å². The molecule has 0 unspecified atom stereocenters. The summed E-state index contributed by atoms with van der Waals surface area (Å²) in [5, 5.41) is 7.92. The summed E-state index contributed by atoms with van der Waals surface area (Å²) < 4.78 is 20.6. The molecule has 1 N–H and O–H groups in total. The number of fused-ring (bicyclic) bond motifs is 1. The molecule has 4 rings (SSSR count). The number of ether oxygens (including phenoxy) is 1. The van der Waals surface area contributed by atoms with E-state index >= 15 is 0 Å². The molecule has 0 atom stereocenters. The van der Waals surface area contributed by atoms with Crippen molar-refractivity contribution in [3.8, 4) is 11.5 Å². The van der Waals surface area contributed by atoms with Gasteiger partial charge in [0.2, 0.25) is 11.1 Å². The number of nitrogens with one attached hydrogen (secondary N) is 1. The molecule has 0 saturated carbocycles. The third-order valence-electron chi connectivity index (χ3n) is 4.72. The quantitative estimate of drug-likeness (QED) is 0.445. The Kier molecular flexibility index (Phi) is 5.85. The average molecular weight is 438 g/mol. The van der Waals surface area contributed by atoms with Gasteiger partial charge in [0.15, 0.2) is 0 Å². The molecule has 9 heteroatoms. The number of amides is 1. The highest BCUT2D eigenvalue weighted by Crippen LogP contribution is 2.24. The van der Waals surface area contributed by atoms with E-state index in [0.29, 0.717) is 28.1 Å². The van der Waals surface area contributed by atoms with Gasteiger partial charge in [0.25, 0.3) is 5.78 Å². The molecular weight excluding hydrogens is 417 g/mol. The van der Waals surface area contributed by atoms with E-state index in [0.717, 1.165) is 17.0 Å². The number of aromatic nitrogens is 4. The van der Waals surface area contributed by atoms with E-state index in [2.05, 4.69) is 20.4 Å². The van der Waals surface area contributed by atoms with Crippen molar-refractivity contribution in [2.45, 2.75) is 25.4 Å². The van der Waals surface area contributed by atoms with Crippen molar-refractivity contribution in [3.05, 3.63) is 71.3 Å². The monoisotopic (exact) mass is 437 g/mol. The lowest BCUT2D eigenvalue weighted by Crippen LogP contribution is -2.17. The second-order valence-corrected chi connectivity index (χ2v) is 7.65. The van der Waals surface area contributed by atoms with Crippen molar-refractivity contribution in [1.29, 1.82) is 0 Å². The van der Waals surface area contributed by atoms with Crippen LogP contribution in [0.25, 0.3) is 5.78 Å². The number of halogens is 1. The van der Waals surface area contributed by atoms with Gasteiger partial charge in [0.05, 0.1) is 6.42 Å². The Labute approximate surface area is 182 Å². The van der Waals surface area contributed by atoms with Gasteiger partial charge in [0.1, 0.15) is 17.3 Å². The molecule has 31 heavy (non-hydrogen) atoms. The lowest BCUT2D eigenvalue weighted by molar-refractivity contribution is -0.115. The molecule has 0 aliphatic carbocycles. The molecule has 0 radical (unpaired) electrons. The highest BCUT2D eigenvalue weighted by atomic mass is 32.2. The molecule has 2 aromatic heterocycles. The lowest BCUT2D eigenvalue weighted by atomic mass is 10.1. The largest absolute Gasteiger partial charge is 0.457 e. The predicted molar refractivity (Wildman–Crippen MR) is 117 cm³/mol. The fourth-order valence-electron chi connectivity index (χ4n) is 3.17. The van der Waals surface area contributed by atoms with E-state index in [4.69, 9.17) is 4.74 Å². The summed E-state index contributed by atoms with van der Waals surface area (Å²) in [7, 11) is 0. The van der Waals surface area contributed by atoms with Gasteiger partial charge in [-0.25, -0.2) is 13.9 Å². The molecular formula is C22H20FN5O2S. The maximum Gasteiger partial charge on any atom is 0.253 e. The Morgan fingerprint density at radius 3 is 2.61 bits per heavy atom. The van der Waals surface area contributed by atoms with Gasteiger partial charge in [-0.15, -0.1) is 5.10 Å². The Morgan fingerprint density at radius 1 is 1.13 bits per heavy atom. The molecule has 2 aromatic carbocycles. The fraction of sp³-hybridized carbons (Fsp3) is 0.182. The number of anilines is 1. The van der Waals surface area contributed by atoms with Gasteiger partial charge < -0.3 is 10.1 Å². The van der Waals surface area contributed by atoms with Crippen molar-refractivity contribution in [2.75, 3.05) is 11.6 Å². The highest BCUT2D eigenvalue weighted by Gasteiger charge is 2.16. The SMILES string of the molecule is CSc1nc2nc(C)c(CC(=O)Nc3ccc(Oc4cccc(F)c4)cc3)c(C)n2n1. The second-order valence-electron chi connectivity index (χ2n) is 6.88. The number of carbonyl (C=O) groups excluding carboxylic acids is 1. The normalized spacial score (nSPS) is 11.0. The standard InChI is InChI=1S/C22H20FN5O2S/c1-13-19(14(2)28-21(24-13)26-22(27-28)31-3)12-20(29)25-16-7-9-17(10-8-16)30-18-6-4-5-15(23)11-18/h4-11H,12H2,1-3H3,(H,25,29). The fourth-order valence-corrected chi connectivity index (χ4v) is 3.51. The minimum Gasteiger partial charge on any atom is -0.457 e. The number of carbonyl (C=O) groups is 1. The molecule has 0 fully saturated rings. The third kappa shape index (κ3) is 4.66. The first-order chi connectivity index (χ1) is 14.9. The number of rotatable bonds is 6. The topological polar surface area (TPSA) is 81.4 Å². The number of thioether (sulfide) groups is 1. The Bertz CT molecular complexity index is 1260. The summed E-state index contributed by atoms with van der Waals surface area (Å²) in [4.78, 5) is 21.5. The maximum absolute atomic E-state index is 13.3. The molecule has 158 valence electrons. The Morgan fingerprint density at radius 2 is 1.90 bits per heavy atom. The lowest BCUT2D eigenvalue weighted by Gasteiger charge is -2.11. The third-order valence-corrected chi connectivity index (χ3v) is 5.26. The van der Waals surface area contributed by atoms with E-state index in [1.807, 2.05) is 20.1 Å². The number of aryl methyl sites for hydroxylation is 2. The number of hydrogen-bond donors (Lipinski definition) is 1. The molecule has 0 spiro atoms. The van der Waals surface area contributed by atoms with Crippen LogP contribution in [0.15, 0.2) is 53.7 Å². The van der Waals surface area contributed by atoms with Crippen molar-refractivity contribution >= 4 is 29.1 Å². The molecule has 0 aliphatic rings. The van der Waals surface area contributed by atoms with E-state index in [1.54, 1.807) is 40.9 Å². The van der Waals surface area contributed by atoms with Crippen LogP contribution in [-0.2, 0) is 11.2 Å². The van der Waals surface area contributed by atoms with Crippen molar-refractivity contribution in [3.63, 3.8) is 0 Å². The first-order valence-corrected chi connectivity index (χ1v) is 10.8. The smallest absolute Gasteiger partial charge is 0.253 e. The summed E-state index contributed by atoms with van der Waals surface area (Å²) in [6.45, 7) is 3.77. The minimum atomic E-state index is -0.366. The van der Waals surface area contributed by atoms with Crippen LogP contribution in [0.3, 0.4) is 0 Å². The van der Waals surface area contributed by atoms with E-state index in [9.17, 15) is 9.18 Å². The highest BCUT2D eigenvalue weighted by molar-refractivity contribution is 7.98. The van der Waals surface area contributed by atoms with Crippen LogP contribution >= 0.6 is 11.8 Å². The van der Waals surface area contributed by atoms with E-state index in [1.165, 1.54) is 23.9 Å². The molecule has 7 nitrogen and oxygen atoms in total. The minimum absolute atomic E-state index is 0.163. The first kappa shape index (κ1) is 20.8. The maximum atomic E-state index is 13.3. The van der Waals surface area contributed by atoms with Gasteiger partial charge in [-0.1, -0.05) is 17.8 Å². The van der Waals surface area contributed by atoms with E-state index in [-0.39, 0.29) is 18.1 Å². The summed E-state index contributed by atoms with van der Waals surface area (Å²) in [6, 6.07) is 12.8. The molecule has 0 aliphatic heterocycles. The Balaban J connectivity index is 1.45. The Hall–Kier alpha value is -3.46. The predicted octanol–water partition coefficient (Wildman–Crippen LogP) is 4.58. The summed E-state index contributed by atoms with van der Waals surface area (Å²) in [6.07, 6.45) is 2.07. The zero-order chi connectivity index (χ0) is 22.0. The van der Waals surface area contributed by atoms with Crippen LogP contribution in [0, 0.1) is 19.7 Å². The second kappa shape index (κ2) is 8.73. The molecule has 0 bridgehead atoms. The van der Waals surface area contributed by atoms with Gasteiger partial charge in [0, 0.05) is 28.7 Å².